The first-order valence-electron chi connectivity index (χ1n) is 17.7. The molecule has 0 bridgehead atoms. The van der Waals surface area contributed by atoms with Crippen molar-refractivity contribution >= 4 is 10.8 Å². The molecule has 10 rings (SSSR count). The number of fused-ring (bicyclic) bond motifs is 3. The highest BCUT2D eigenvalue weighted by molar-refractivity contribution is 6.18. The van der Waals surface area contributed by atoms with Crippen molar-refractivity contribution in [2.45, 2.75) is 0 Å². The van der Waals surface area contributed by atoms with Crippen molar-refractivity contribution in [2.24, 2.45) is 0 Å². The number of rotatable bonds is 6. The van der Waals surface area contributed by atoms with E-state index >= 15 is 0 Å². The predicted octanol–water partition coefficient (Wildman–Crippen LogP) is 13.3. The third-order valence-corrected chi connectivity index (χ3v) is 10.3. The Balaban J connectivity index is 1.00. The Morgan fingerprint density at radius 1 is 0.250 bits per heavy atom. The van der Waals surface area contributed by atoms with Gasteiger partial charge in [-0.2, -0.15) is 0 Å². The molecule has 0 spiro atoms. The molecule has 0 N–H and O–H groups in total. The molecule has 2 nitrogen and oxygen atoms in total. The first-order chi connectivity index (χ1) is 25.8. The monoisotopic (exact) mass is 660 g/mol. The minimum absolute atomic E-state index is 0.713. The lowest BCUT2D eigenvalue weighted by molar-refractivity contribution is 1.18. The summed E-state index contributed by atoms with van der Waals surface area (Å²) < 4.78 is 0. The first kappa shape index (κ1) is 30.0. The van der Waals surface area contributed by atoms with Gasteiger partial charge in [0.15, 0.2) is 5.82 Å². The van der Waals surface area contributed by atoms with Gasteiger partial charge in [-0.1, -0.05) is 182 Å². The van der Waals surface area contributed by atoms with Crippen molar-refractivity contribution in [1.82, 2.24) is 9.97 Å². The molecule has 1 heterocycles. The maximum atomic E-state index is 5.07. The number of hydrogen-bond acceptors (Lipinski definition) is 2. The zero-order chi connectivity index (χ0) is 34.4. The Kier molecular flexibility index (Phi) is 7.18. The van der Waals surface area contributed by atoms with Crippen LogP contribution in [0.5, 0.6) is 0 Å². The molecule has 0 amide bonds. The smallest absolute Gasteiger partial charge is 0.160 e. The fourth-order valence-corrected chi connectivity index (χ4v) is 7.68. The van der Waals surface area contributed by atoms with E-state index in [0.29, 0.717) is 5.82 Å². The Hall–Kier alpha value is -6.90. The average Bonchev–Trinajstić information content (AvgIpc) is 3.56. The maximum absolute atomic E-state index is 5.07. The summed E-state index contributed by atoms with van der Waals surface area (Å²) in [6.07, 6.45) is 0. The molecule has 0 aliphatic heterocycles. The molecular formula is C50H32N2. The molecule has 242 valence electrons. The summed E-state index contributed by atoms with van der Waals surface area (Å²) in [4.78, 5) is 10.1. The van der Waals surface area contributed by atoms with Crippen molar-refractivity contribution in [2.75, 3.05) is 0 Å². The summed E-state index contributed by atoms with van der Waals surface area (Å²) >= 11 is 0. The molecule has 52 heavy (non-hydrogen) atoms. The molecule has 0 fully saturated rings. The van der Waals surface area contributed by atoms with Crippen LogP contribution in [0.25, 0.3) is 100 Å². The normalized spacial score (nSPS) is 11.5. The van der Waals surface area contributed by atoms with E-state index < -0.39 is 0 Å². The summed E-state index contributed by atoms with van der Waals surface area (Å²) in [7, 11) is 0. The molecule has 1 aromatic heterocycles. The van der Waals surface area contributed by atoms with Gasteiger partial charge < -0.3 is 0 Å². The third-order valence-electron chi connectivity index (χ3n) is 10.3. The van der Waals surface area contributed by atoms with Crippen molar-refractivity contribution in [1.29, 1.82) is 0 Å². The van der Waals surface area contributed by atoms with Gasteiger partial charge in [0.2, 0.25) is 0 Å². The van der Waals surface area contributed by atoms with Crippen LogP contribution in [0.2, 0.25) is 0 Å². The van der Waals surface area contributed by atoms with E-state index in [9.17, 15) is 0 Å². The van der Waals surface area contributed by atoms with Gasteiger partial charge in [-0.3, -0.25) is 0 Å². The molecular weight excluding hydrogens is 629 g/mol. The quantitative estimate of drug-likeness (QED) is 0.177. The summed E-state index contributed by atoms with van der Waals surface area (Å²) in [5.74, 6) is 0.713. The second-order valence-corrected chi connectivity index (χ2v) is 13.4. The van der Waals surface area contributed by atoms with Gasteiger partial charge in [-0.15, -0.1) is 0 Å². The van der Waals surface area contributed by atoms with E-state index in [4.69, 9.17) is 9.97 Å². The minimum atomic E-state index is 0.713. The second kappa shape index (κ2) is 12.5. The molecule has 9 aromatic rings. The van der Waals surface area contributed by atoms with Crippen molar-refractivity contribution < 1.29 is 0 Å². The fraction of sp³-hybridized carbons (Fsp3) is 0. The van der Waals surface area contributed by atoms with Gasteiger partial charge in [0.25, 0.3) is 0 Å². The van der Waals surface area contributed by atoms with Gasteiger partial charge in [0.05, 0.1) is 11.4 Å². The average molecular weight is 661 g/mol. The van der Waals surface area contributed by atoms with Crippen molar-refractivity contribution in [3.8, 4) is 89.5 Å². The van der Waals surface area contributed by atoms with Crippen LogP contribution in [-0.4, -0.2) is 9.97 Å². The molecule has 0 saturated carbocycles. The predicted molar refractivity (Wildman–Crippen MR) is 217 cm³/mol. The Morgan fingerprint density at radius 2 is 0.692 bits per heavy atom. The number of benzene rings is 8. The fourth-order valence-electron chi connectivity index (χ4n) is 7.68. The van der Waals surface area contributed by atoms with Crippen molar-refractivity contribution in [3.05, 3.63) is 194 Å². The maximum Gasteiger partial charge on any atom is 0.160 e. The molecule has 0 unspecified atom stereocenters. The zero-order valence-electron chi connectivity index (χ0n) is 28.4. The van der Waals surface area contributed by atoms with Crippen LogP contribution < -0.4 is 0 Å². The first-order valence-corrected chi connectivity index (χ1v) is 17.7. The van der Waals surface area contributed by atoms with E-state index in [1.54, 1.807) is 0 Å². The standard InChI is InChI=1S/C50H32N2/c1-3-11-33(12-4-1)34-21-25-36(26-22-34)47-32-48(52-50(51-47)38-13-5-2-6-14-38)37-27-23-35(24-28-37)39-15-9-16-40(31-39)41-29-30-46-43-18-8-7-17-42(43)45-20-10-19-44(41)49(45)46/h1-32H. The van der Waals surface area contributed by atoms with Crippen LogP contribution in [-0.2, 0) is 0 Å². The molecule has 1 aliphatic carbocycles. The number of aromatic nitrogens is 2. The molecule has 0 radical (unpaired) electrons. The second-order valence-electron chi connectivity index (χ2n) is 13.4. The minimum Gasteiger partial charge on any atom is -0.228 e. The summed E-state index contributed by atoms with van der Waals surface area (Å²) in [5, 5.41) is 2.64. The van der Waals surface area contributed by atoms with E-state index in [2.05, 4.69) is 170 Å². The highest BCUT2D eigenvalue weighted by Gasteiger charge is 2.22. The van der Waals surface area contributed by atoms with Crippen LogP contribution in [0.3, 0.4) is 0 Å². The zero-order valence-corrected chi connectivity index (χ0v) is 28.4. The lowest BCUT2D eigenvalue weighted by Gasteiger charge is -2.12. The van der Waals surface area contributed by atoms with Gasteiger partial charge in [-0.05, 0) is 78.5 Å². The lowest BCUT2D eigenvalue weighted by atomic mass is 9.92. The topological polar surface area (TPSA) is 25.8 Å². The summed E-state index contributed by atoms with van der Waals surface area (Å²) in [6.45, 7) is 0. The summed E-state index contributed by atoms with van der Waals surface area (Å²) in [6, 6.07) is 69.2. The van der Waals surface area contributed by atoms with E-state index in [0.717, 1.165) is 33.6 Å². The Labute approximate surface area is 303 Å². The van der Waals surface area contributed by atoms with E-state index in [-0.39, 0.29) is 0 Å². The Bertz CT molecular complexity index is 2720. The molecule has 0 atom stereocenters. The largest absolute Gasteiger partial charge is 0.228 e. The van der Waals surface area contributed by atoms with Crippen LogP contribution >= 0.6 is 0 Å². The van der Waals surface area contributed by atoms with Crippen LogP contribution in [0.4, 0.5) is 0 Å². The highest BCUT2D eigenvalue weighted by atomic mass is 14.9. The van der Waals surface area contributed by atoms with Crippen LogP contribution in [0.1, 0.15) is 0 Å². The molecule has 0 saturated heterocycles. The van der Waals surface area contributed by atoms with Gasteiger partial charge in [0, 0.05) is 16.7 Å². The number of nitrogens with zero attached hydrogens (tertiary/aromatic N) is 2. The van der Waals surface area contributed by atoms with Gasteiger partial charge in [-0.25, -0.2) is 9.97 Å². The van der Waals surface area contributed by atoms with Crippen LogP contribution in [0.15, 0.2) is 194 Å². The van der Waals surface area contributed by atoms with E-state index in [1.165, 1.54) is 60.8 Å². The van der Waals surface area contributed by atoms with Gasteiger partial charge >= 0.3 is 0 Å². The summed E-state index contributed by atoms with van der Waals surface area (Å²) in [5.41, 5.74) is 17.4. The molecule has 1 aliphatic rings. The van der Waals surface area contributed by atoms with Crippen LogP contribution in [0, 0.1) is 0 Å². The SMILES string of the molecule is c1ccc(-c2ccc(-c3cc(-c4ccc(-c5cccc(-c6ccc7c8c(cccc68)-c6ccccc6-7)c5)cc4)nc(-c4ccccc4)n3)cc2)cc1. The highest BCUT2D eigenvalue weighted by Crippen LogP contribution is 2.49. The molecule has 2 heteroatoms. The Morgan fingerprint density at radius 3 is 1.35 bits per heavy atom. The third kappa shape index (κ3) is 5.21. The lowest BCUT2D eigenvalue weighted by Crippen LogP contribution is -1.96. The number of hydrogen-bond donors (Lipinski definition) is 0. The molecule has 8 aromatic carbocycles. The van der Waals surface area contributed by atoms with Gasteiger partial charge in [0.1, 0.15) is 0 Å². The van der Waals surface area contributed by atoms with Crippen molar-refractivity contribution in [3.63, 3.8) is 0 Å². The van der Waals surface area contributed by atoms with E-state index in [1.807, 2.05) is 24.3 Å².